The van der Waals surface area contributed by atoms with E-state index in [4.69, 9.17) is 0 Å². The molecule has 0 aliphatic heterocycles. The Bertz CT molecular complexity index is 233. The van der Waals surface area contributed by atoms with Crippen molar-refractivity contribution in [3.8, 4) is 0 Å². The summed E-state index contributed by atoms with van der Waals surface area (Å²) in [5, 5.41) is 9.43. The molecule has 0 aromatic carbocycles. The lowest BCUT2D eigenvalue weighted by Gasteiger charge is -2.03. The molecule has 0 aliphatic carbocycles. The van der Waals surface area contributed by atoms with E-state index in [0.717, 1.165) is 5.57 Å². The maximum Gasteiger partial charge on any atom is 0.184 e. The molecule has 0 saturated carbocycles. The Labute approximate surface area is 86.3 Å². The molecular formula is C12H20O2. The van der Waals surface area contributed by atoms with E-state index >= 15 is 0 Å². The Morgan fingerprint density at radius 1 is 1.36 bits per heavy atom. The van der Waals surface area contributed by atoms with Gasteiger partial charge in [0.1, 0.15) is 6.10 Å². The van der Waals surface area contributed by atoms with Crippen molar-refractivity contribution in [1.82, 2.24) is 0 Å². The number of aliphatic hydroxyl groups excluding tert-OH is 1. The van der Waals surface area contributed by atoms with E-state index in [0.29, 0.717) is 12.3 Å². The minimum Gasteiger partial charge on any atom is -0.385 e. The third-order valence-corrected chi connectivity index (χ3v) is 1.72. The number of allylic oxidation sites excluding steroid dienone is 2. The topological polar surface area (TPSA) is 37.3 Å². The molecule has 0 aromatic rings. The van der Waals surface area contributed by atoms with Gasteiger partial charge in [-0.2, -0.15) is 0 Å². The molecule has 0 fully saturated rings. The van der Waals surface area contributed by atoms with Gasteiger partial charge >= 0.3 is 0 Å². The molecule has 1 unspecified atom stereocenters. The van der Waals surface area contributed by atoms with Crippen LogP contribution in [0.1, 0.15) is 34.1 Å². The highest BCUT2D eigenvalue weighted by Crippen LogP contribution is 2.02. The van der Waals surface area contributed by atoms with Crippen LogP contribution in [0, 0.1) is 5.92 Å². The Balaban J connectivity index is 4.07. The molecule has 1 atom stereocenters. The van der Waals surface area contributed by atoms with Gasteiger partial charge in [0.25, 0.3) is 0 Å². The lowest BCUT2D eigenvalue weighted by Crippen LogP contribution is -2.17. The van der Waals surface area contributed by atoms with Crippen LogP contribution in [0.3, 0.4) is 0 Å². The highest BCUT2D eigenvalue weighted by atomic mass is 16.3. The van der Waals surface area contributed by atoms with Crippen LogP contribution in [0.15, 0.2) is 23.8 Å². The molecule has 0 radical (unpaired) electrons. The van der Waals surface area contributed by atoms with Crippen LogP contribution in [0.4, 0.5) is 0 Å². The Morgan fingerprint density at radius 2 is 1.93 bits per heavy atom. The zero-order valence-corrected chi connectivity index (χ0v) is 9.45. The van der Waals surface area contributed by atoms with E-state index in [1.54, 1.807) is 6.08 Å². The number of hydrogen-bond donors (Lipinski definition) is 1. The monoisotopic (exact) mass is 196 g/mol. The largest absolute Gasteiger partial charge is 0.385 e. The van der Waals surface area contributed by atoms with Crippen molar-refractivity contribution in [3.05, 3.63) is 23.8 Å². The smallest absolute Gasteiger partial charge is 0.184 e. The molecule has 0 spiro atoms. The standard InChI is InChI=1S/C12H20O2/c1-9(2)5-7-11(13)12(14)8-6-10(3)4/h5-7,9,12,14H,8H2,1-4H3/b7-5+. The summed E-state index contributed by atoms with van der Waals surface area (Å²) in [6, 6.07) is 0. The van der Waals surface area contributed by atoms with Gasteiger partial charge in [0.2, 0.25) is 0 Å². The van der Waals surface area contributed by atoms with E-state index in [1.807, 2.05) is 33.8 Å². The van der Waals surface area contributed by atoms with Crippen LogP contribution in [-0.2, 0) is 4.79 Å². The second-order valence-electron chi connectivity index (χ2n) is 4.04. The van der Waals surface area contributed by atoms with Gasteiger partial charge in [-0.05, 0) is 32.3 Å². The first kappa shape index (κ1) is 13.1. The van der Waals surface area contributed by atoms with Crippen LogP contribution in [0.5, 0.6) is 0 Å². The zero-order chi connectivity index (χ0) is 11.1. The summed E-state index contributed by atoms with van der Waals surface area (Å²) in [6.07, 6.45) is 4.65. The zero-order valence-electron chi connectivity index (χ0n) is 9.45. The average molecular weight is 196 g/mol. The van der Waals surface area contributed by atoms with Crippen molar-refractivity contribution < 1.29 is 9.90 Å². The van der Waals surface area contributed by atoms with Gasteiger partial charge in [0.15, 0.2) is 5.78 Å². The first-order valence-corrected chi connectivity index (χ1v) is 4.97. The van der Waals surface area contributed by atoms with Crippen LogP contribution >= 0.6 is 0 Å². The van der Waals surface area contributed by atoms with Gasteiger partial charge in [-0.3, -0.25) is 4.79 Å². The average Bonchev–Trinajstić information content (AvgIpc) is 2.09. The van der Waals surface area contributed by atoms with Gasteiger partial charge in [-0.1, -0.05) is 31.6 Å². The van der Waals surface area contributed by atoms with E-state index in [1.165, 1.54) is 6.08 Å². The summed E-state index contributed by atoms with van der Waals surface area (Å²) < 4.78 is 0. The highest BCUT2D eigenvalue weighted by molar-refractivity contribution is 5.93. The summed E-state index contributed by atoms with van der Waals surface area (Å²) in [5.74, 6) is 0.130. The van der Waals surface area contributed by atoms with E-state index < -0.39 is 6.10 Å². The van der Waals surface area contributed by atoms with Gasteiger partial charge in [-0.25, -0.2) is 0 Å². The summed E-state index contributed by atoms with van der Waals surface area (Å²) in [4.78, 5) is 11.3. The van der Waals surface area contributed by atoms with E-state index in [9.17, 15) is 9.90 Å². The number of carbonyl (C=O) groups is 1. The molecule has 0 bridgehead atoms. The first-order chi connectivity index (χ1) is 6.43. The highest BCUT2D eigenvalue weighted by Gasteiger charge is 2.09. The number of hydrogen-bond acceptors (Lipinski definition) is 2. The third kappa shape index (κ3) is 6.61. The molecule has 1 N–H and O–H groups in total. The van der Waals surface area contributed by atoms with Gasteiger partial charge < -0.3 is 5.11 Å². The Hall–Kier alpha value is -0.890. The van der Waals surface area contributed by atoms with Gasteiger partial charge in [0, 0.05) is 0 Å². The molecule has 0 amide bonds. The maximum atomic E-state index is 11.3. The number of rotatable bonds is 5. The van der Waals surface area contributed by atoms with Gasteiger partial charge in [-0.15, -0.1) is 0 Å². The molecule has 0 aromatic heterocycles. The van der Waals surface area contributed by atoms with Crippen molar-refractivity contribution in [2.45, 2.75) is 40.2 Å². The van der Waals surface area contributed by atoms with Crippen molar-refractivity contribution in [3.63, 3.8) is 0 Å². The van der Waals surface area contributed by atoms with Crippen LogP contribution < -0.4 is 0 Å². The van der Waals surface area contributed by atoms with Crippen molar-refractivity contribution in [1.29, 1.82) is 0 Å². The second-order valence-corrected chi connectivity index (χ2v) is 4.04. The second kappa shape index (κ2) is 6.55. The molecule has 0 heterocycles. The maximum absolute atomic E-state index is 11.3. The SMILES string of the molecule is CC(C)=CCC(O)C(=O)/C=C/C(C)C. The molecule has 0 aliphatic rings. The Kier molecular flexibility index (Phi) is 6.13. The molecular weight excluding hydrogens is 176 g/mol. The lowest BCUT2D eigenvalue weighted by atomic mass is 10.1. The number of ketones is 1. The van der Waals surface area contributed by atoms with Crippen LogP contribution in [0.2, 0.25) is 0 Å². The molecule has 14 heavy (non-hydrogen) atoms. The minimum absolute atomic E-state index is 0.212. The summed E-state index contributed by atoms with van der Waals surface area (Å²) >= 11 is 0. The van der Waals surface area contributed by atoms with Crippen molar-refractivity contribution in [2.24, 2.45) is 5.92 Å². The van der Waals surface area contributed by atoms with Gasteiger partial charge in [0.05, 0.1) is 0 Å². The molecule has 0 rings (SSSR count). The fraction of sp³-hybridized carbons (Fsp3) is 0.583. The summed E-state index contributed by atoms with van der Waals surface area (Å²) in [6.45, 7) is 7.88. The number of carbonyl (C=O) groups excluding carboxylic acids is 1. The molecule has 2 nitrogen and oxygen atoms in total. The summed E-state index contributed by atoms with van der Waals surface area (Å²) in [7, 11) is 0. The predicted molar refractivity (Wildman–Crippen MR) is 59.0 cm³/mol. The fourth-order valence-corrected chi connectivity index (χ4v) is 0.862. The van der Waals surface area contributed by atoms with Crippen molar-refractivity contribution in [2.75, 3.05) is 0 Å². The first-order valence-electron chi connectivity index (χ1n) is 4.97. The van der Waals surface area contributed by atoms with E-state index in [-0.39, 0.29) is 5.78 Å². The third-order valence-electron chi connectivity index (χ3n) is 1.72. The predicted octanol–water partition coefficient (Wildman–Crippen LogP) is 2.48. The van der Waals surface area contributed by atoms with Crippen LogP contribution in [0.25, 0.3) is 0 Å². The van der Waals surface area contributed by atoms with Crippen LogP contribution in [-0.4, -0.2) is 17.0 Å². The fourth-order valence-electron chi connectivity index (χ4n) is 0.862. The normalized spacial score (nSPS) is 13.3. The Morgan fingerprint density at radius 3 is 2.36 bits per heavy atom. The quantitative estimate of drug-likeness (QED) is 0.542. The van der Waals surface area contributed by atoms with E-state index in [2.05, 4.69) is 0 Å². The van der Waals surface area contributed by atoms with Crippen molar-refractivity contribution >= 4 is 5.78 Å². The molecule has 2 heteroatoms. The summed E-state index contributed by atoms with van der Waals surface area (Å²) in [5.41, 5.74) is 1.12. The lowest BCUT2D eigenvalue weighted by molar-refractivity contribution is -0.122. The number of aliphatic hydroxyl groups is 1. The minimum atomic E-state index is -0.889. The molecule has 80 valence electrons. The molecule has 0 saturated heterocycles.